The topological polar surface area (TPSA) is 71.4 Å². The molecule has 0 radical (unpaired) electrons. The molecule has 0 aromatic heterocycles. The Labute approximate surface area is 123 Å². The van der Waals surface area contributed by atoms with Gasteiger partial charge in [-0.05, 0) is 42.5 Å². The Morgan fingerprint density at radius 2 is 1.90 bits per heavy atom. The zero-order valence-corrected chi connectivity index (χ0v) is 13.0. The summed E-state index contributed by atoms with van der Waals surface area (Å²) in [5, 5.41) is 8.86. The highest BCUT2D eigenvalue weighted by Crippen LogP contribution is 2.51. The lowest BCUT2D eigenvalue weighted by Gasteiger charge is -2.11. The minimum Gasteiger partial charge on any atom is -0.481 e. The lowest BCUT2D eigenvalue weighted by Crippen LogP contribution is -2.10. The zero-order valence-electron chi connectivity index (χ0n) is 11.3. The average Bonchev–Trinajstić information content (AvgIpc) is 3.16. The summed E-state index contributed by atoms with van der Waals surface area (Å²) in [7, 11) is -3.15. The molecule has 1 saturated carbocycles. The maximum atomic E-state index is 11.7. The molecule has 0 bridgehead atoms. The van der Waals surface area contributed by atoms with Gasteiger partial charge in [0.05, 0.1) is 17.1 Å². The van der Waals surface area contributed by atoms with E-state index < -0.39 is 15.8 Å². The van der Waals surface area contributed by atoms with Crippen LogP contribution in [0.2, 0.25) is 0 Å². The van der Waals surface area contributed by atoms with Crippen molar-refractivity contribution >= 4 is 27.6 Å². The Hall–Kier alpha value is -1.01. The largest absolute Gasteiger partial charge is 0.481 e. The molecule has 0 atom stereocenters. The fourth-order valence-electron chi connectivity index (χ4n) is 2.02. The van der Waals surface area contributed by atoms with Crippen LogP contribution < -0.4 is 0 Å². The molecule has 1 aromatic rings. The summed E-state index contributed by atoms with van der Waals surface area (Å²) in [6.45, 7) is 1.63. The fraction of sp³-hybridized carbons (Fsp3) is 0.500. The number of hydrogen-bond acceptors (Lipinski definition) is 4. The van der Waals surface area contributed by atoms with E-state index in [0.29, 0.717) is 4.90 Å². The van der Waals surface area contributed by atoms with Gasteiger partial charge in [-0.15, -0.1) is 11.8 Å². The second kappa shape index (κ2) is 5.77. The van der Waals surface area contributed by atoms with Gasteiger partial charge in [0.25, 0.3) is 0 Å². The summed E-state index contributed by atoms with van der Waals surface area (Å²) < 4.78 is 23.4. The first kappa shape index (κ1) is 15.4. The summed E-state index contributed by atoms with van der Waals surface area (Å²) in [5.74, 6) is 0.132. The molecule has 0 aliphatic heterocycles. The minimum atomic E-state index is -3.15. The van der Waals surface area contributed by atoms with E-state index in [1.807, 2.05) is 0 Å². The lowest BCUT2D eigenvalue weighted by molar-refractivity contribution is -0.138. The number of benzene rings is 1. The van der Waals surface area contributed by atoms with E-state index in [1.165, 1.54) is 0 Å². The molecule has 1 aromatic carbocycles. The smallest absolute Gasteiger partial charge is 0.303 e. The molecule has 1 N–H and O–H groups in total. The predicted octanol–water partition coefficient (Wildman–Crippen LogP) is 2.83. The normalized spacial score (nSPS) is 16.9. The number of aliphatic carboxylic acids is 1. The molecule has 0 saturated heterocycles. The maximum Gasteiger partial charge on any atom is 0.303 e. The van der Waals surface area contributed by atoms with Crippen LogP contribution in [0, 0.1) is 5.41 Å². The highest BCUT2D eigenvalue weighted by molar-refractivity contribution is 7.99. The molecule has 0 unspecified atom stereocenters. The van der Waals surface area contributed by atoms with E-state index in [0.717, 1.165) is 23.5 Å². The van der Waals surface area contributed by atoms with E-state index in [-0.39, 0.29) is 17.6 Å². The van der Waals surface area contributed by atoms with E-state index >= 15 is 0 Å². The first-order valence-corrected chi connectivity index (χ1v) is 9.18. The Kier molecular flexibility index (Phi) is 4.44. The van der Waals surface area contributed by atoms with Gasteiger partial charge in [-0.3, -0.25) is 4.79 Å². The molecule has 0 heterocycles. The molecule has 0 amide bonds. The first-order chi connectivity index (χ1) is 9.37. The van der Waals surface area contributed by atoms with E-state index in [2.05, 4.69) is 0 Å². The van der Waals surface area contributed by atoms with Crippen LogP contribution in [0.15, 0.2) is 34.1 Å². The third-order valence-corrected chi connectivity index (χ3v) is 6.70. The van der Waals surface area contributed by atoms with Crippen molar-refractivity contribution in [1.82, 2.24) is 0 Å². The summed E-state index contributed by atoms with van der Waals surface area (Å²) in [4.78, 5) is 12.1. The lowest BCUT2D eigenvalue weighted by atomic mass is 10.1. The van der Waals surface area contributed by atoms with Gasteiger partial charge < -0.3 is 5.11 Å². The third-order valence-electron chi connectivity index (χ3n) is 3.59. The van der Waals surface area contributed by atoms with Gasteiger partial charge in [-0.25, -0.2) is 8.42 Å². The van der Waals surface area contributed by atoms with Crippen molar-refractivity contribution in [3.05, 3.63) is 24.3 Å². The summed E-state index contributed by atoms with van der Waals surface area (Å²) in [6.07, 6.45) is 2.16. The molecular weight excluding hydrogens is 296 g/mol. The number of hydrogen-bond donors (Lipinski definition) is 1. The van der Waals surface area contributed by atoms with E-state index in [1.54, 1.807) is 43.0 Å². The van der Waals surface area contributed by atoms with Crippen LogP contribution in [-0.4, -0.2) is 31.0 Å². The Balaban J connectivity index is 1.97. The summed E-state index contributed by atoms with van der Waals surface area (Å²) in [6, 6.07) is 6.84. The summed E-state index contributed by atoms with van der Waals surface area (Å²) >= 11 is 1.60. The Morgan fingerprint density at radius 1 is 1.30 bits per heavy atom. The molecule has 20 heavy (non-hydrogen) atoms. The molecule has 4 nitrogen and oxygen atoms in total. The van der Waals surface area contributed by atoms with Gasteiger partial charge in [0.1, 0.15) is 0 Å². The van der Waals surface area contributed by atoms with Crippen molar-refractivity contribution in [2.75, 3.05) is 11.5 Å². The van der Waals surface area contributed by atoms with Gasteiger partial charge in [0.15, 0.2) is 9.84 Å². The molecule has 6 heteroatoms. The molecular formula is C14H18O4S2. The molecule has 1 aliphatic rings. The minimum absolute atomic E-state index is 0.0509. The van der Waals surface area contributed by atoms with Gasteiger partial charge in [0.2, 0.25) is 0 Å². The molecule has 0 spiro atoms. The van der Waals surface area contributed by atoms with Crippen LogP contribution in [0.25, 0.3) is 0 Å². The fourth-order valence-corrected chi connectivity index (χ4v) is 4.09. The van der Waals surface area contributed by atoms with Crippen molar-refractivity contribution in [3.63, 3.8) is 0 Å². The molecule has 1 aliphatic carbocycles. The van der Waals surface area contributed by atoms with Gasteiger partial charge in [0, 0.05) is 10.6 Å². The number of sulfone groups is 1. The van der Waals surface area contributed by atoms with Crippen molar-refractivity contribution in [2.24, 2.45) is 5.41 Å². The van der Waals surface area contributed by atoms with Crippen LogP contribution in [0.1, 0.15) is 26.2 Å². The third kappa shape index (κ3) is 3.76. The summed E-state index contributed by atoms with van der Waals surface area (Å²) in [5.41, 5.74) is -0.0509. The average molecular weight is 314 g/mol. The van der Waals surface area contributed by atoms with Gasteiger partial charge in [-0.2, -0.15) is 0 Å². The first-order valence-electron chi connectivity index (χ1n) is 6.54. The van der Waals surface area contributed by atoms with Crippen molar-refractivity contribution in [3.8, 4) is 0 Å². The monoisotopic (exact) mass is 314 g/mol. The van der Waals surface area contributed by atoms with Crippen LogP contribution in [0.3, 0.4) is 0 Å². The van der Waals surface area contributed by atoms with Crippen LogP contribution in [-0.2, 0) is 14.6 Å². The molecule has 1 fully saturated rings. The second-order valence-corrected chi connectivity index (χ2v) is 8.56. The van der Waals surface area contributed by atoms with Gasteiger partial charge in [-0.1, -0.05) is 6.92 Å². The number of rotatable bonds is 7. The molecule has 110 valence electrons. The number of carboxylic acids is 1. The Bertz CT molecular complexity index is 586. The second-order valence-electron chi connectivity index (χ2n) is 5.23. The SMILES string of the molecule is CCS(=O)(=O)c1ccc(SCC2(CC(=O)O)CC2)cc1. The van der Waals surface area contributed by atoms with Crippen LogP contribution in [0.4, 0.5) is 0 Å². The maximum absolute atomic E-state index is 11.7. The molecule has 2 rings (SSSR count). The highest BCUT2D eigenvalue weighted by Gasteiger charge is 2.44. The number of carboxylic acid groups (broad SMARTS) is 1. The Morgan fingerprint density at radius 3 is 2.35 bits per heavy atom. The van der Waals surface area contributed by atoms with Crippen molar-refractivity contribution in [2.45, 2.75) is 36.0 Å². The van der Waals surface area contributed by atoms with Crippen LogP contribution in [0.5, 0.6) is 0 Å². The van der Waals surface area contributed by atoms with Crippen molar-refractivity contribution in [1.29, 1.82) is 0 Å². The van der Waals surface area contributed by atoms with Gasteiger partial charge >= 0.3 is 5.97 Å². The zero-order chi connectivity index (χ0) is 14.8. The van der Waals surface area contributed by atoms with E-state index in [9.17, 15) is 13.2 Å². The standard InChI is InChI=1S/C14H18O4S2/c1-2-20(17,18)12-5-3-11(4-6-12)19-10-14(7-8-14)9-13(15)16/h3-6H,2,7-10H2,1H3,(H,15,16). The predicted molar refractivity (Wildman–Crippen MR) is 78.8 cm³/mol. The van der Waals surface area contributed by atoms with E-state index in [4.69, 9.17) is 5.11 Å². The quantitative estimate of drug-likeness (QED) is 0.784. The highest BCUT2D eigenvalue weighted by atomic mass is 32.2. The van der Waals surface area contributed by atoms with Crippen molar-refractivity contribution < 1.29 is 18.3 Å². The number of thioether (sulfide) groups is 1. The van der Waals surface area contributed by atoms with Crippen LogP contribution >= 0.6 is 11.8 Å². The number of carbonyl (C=O) groups is 1.